The molecule has 0 unspecified atom stereocenters. The number of aromatic hydroxyl groups is 2. The minimum absolute atomic E-state index is 0.164. The molecule has 606 valence electrons. The van der Waals surface area contributed by atoms with E-state index in [1.165, 1.54) is 71.5 Å². The van der Waals surface area contributed by atoms with Crippen LogP contribution in [0.3, 0.4) is 0 Å². The molecule has 29 heteroatoms. The maximum atomic E-state index is 9.66. The second-order valence-electron chi connectivity index (χ2n) is 27.4. The summed E-state index contributed by atoms with van der Waals surface area (Å²) in [6, 6.07) is 70.0. The molecule has 1 saturated carbocycles. The third kappa shape index (κ3) is 23.7. The number of hydrogen-bond acceptors (Lipinski definition) is 29. The molecule has 0 bridgehead atoms. The first-order chi connectivity index (χ1) is 60.0. The highest BCUT2D eigenvalue weighted by atomic mass is 32.1. The van der Waals surface area contributed by atoms with Gasteiger partial charge in [-0.3, -0.25) is 0 Å². The van der Waals surface area contributed by atoms with Gasteiger partial charge >= 0.3 is 0 Å². The average molecular weight is 1700 g/mol. The van der Waals surface area contributed by atoms with Crippen LogP contribution < -0.4 is 36.1 Å². The van der Waals surface area contributed by atoms with Crippen molar-refractivity contribution in [1.29, 1.82) is 0 Å². The molecule has 0 saturated heterocycles. The average Bonchev–Trinajstić information content (AvgIpc) is 0.981. The zero-order chi connectivity index (χ0) is 83.4. The van der Waals surface area contributed by atoms with Gasteiger partial charge < -0.3 is 46.3 Å². The highest BCUT2D eigenvalue weighted by Gasteiger charge is 2.17. The summed E-state index contributed by atoms with van der Waals surface area (Å²) in [6.07, 6.45) is 24.1. The fraction of sp³-hybridized carbons (Fsp3) is 0.108. The molecule has 0 aliphatic heterocycles. The first kappa shape index (κ1) is 82.6. The molecular formula is C93H80N20O4S5. The predicted molar refractivity (Wildman–Crippen MR) is 492 cm³/mol. The van der Waals surface area contributed by atoms with Crippen molar-refractivity contribution in [3.8, 4) is 110 Å². The molecule has 0 amide bonds. The first-order valence-corrected chi connectivity index (χ1v) is 43.2. The molecule has 24 nitrogen and oxygen atoms in total. The van der Waals surface area contributed by atoms with Gasteiger partial charge in [0.25, 0.3) is 0 Å². The maximum absolute atomic E-state index is 9.66. The minimum atomic E-state index is 0.164. The standard InChI is InChI=1S/C20H16N4O2S.C20H22N4OS.C19H14N4OS.C19H14N4S.C15H14N4S/c1-26-18-12-15(25)5-6-16(18)13-3-2-4-14(11-13)23-20-22-8-7-17(24-20)19-21-9-10-27-19;1-2-5-15(6-3-1)14-25-17-8-4-7-16(13-17)23-20-22-10-9-18(24-20)19-21-11-12-26-19;24-16-6-2-4-14(12-16)13-3-1-5-15(11-13)22-19-21-8-7-17(23-19)18-20-9-10-25-18;1-2-5-14(6-3-1)15-7-4-8-16(13-15)22-19-21-10-9-17(23-19)18-20-11-12-24-18;1-10-7-11(2)9-12(8-10)18-15-17-4-3-13(19-15)14-16-5-6-20-14/h2-12,25H,1H3,(H,22,23,24);4,7-13,15H,1-3,5-6,14H2,(H,22,23,24);1-12,24H,(H,21,22,23);1-13H,(H,21,22,23);3-9H,1-2H3,(H,17,18,19). The number of nitrogens with one attached hydrogen (secondary N) is 5. The summed E-state index contributed by atoms with van der Waals surface area (Å²) < 4.78 is 11.4. The van der Waals surface area contributed by atoms with E-state index in [0.717, 1.165) is 122 Å². The van der Waals surface area contributed by atoms with Gasteiger partial charge in [-0.15, -0.1) is 56.7 Å². The van der Waals surface area contributed by atoms with Crippen LogP contribution in [-0.4, -0.2) is 98.7 Å². The monoisotopic (exact) mass is 1700 g/mol. The van der Waals surface area contributed by atoms with Crippen molar-refractivity contribution >= 4 is 115 Å². The molecule has 10 aromatic heterocycles. The molecule has 19 rings (SSSR count). The van der Waals surface area contributed by atoms with Gasteiger partial charge in [-0.25, -0.2) is 74.8 Å². The Morgan fingerprint density at radius 3 is 1.09 bits per heavy atom. The molecule has 0 radical (unpaired) electrons. The fourth-order valence-electron chi connectivity index (χ4n) is 12.9. The van der Waals surface area contributed by atoms with Crippen molar-refractivity contribution in [2.24, 2.45) is 5.92 Å². The molecule has 1 aliphatic carbocycles. The van der Waals surface area contributed by atoms with Gasteiger partial charge in [0.05, 0.1) is 13.7 Å². The zero-order valence-corrected chi connectivity index (χ0v) is 70.3. The lowest BCUT2D eigenvalue weighted by molar-refractivity contribution is 0.209. The summed E-state index contributed by atoms with van der Waals surface area (Å²) in [7, 11) is 1.58. The summed E-state index contributed by atoms with van der Waals surface area (Å²) in [5.41, 5.74) is 17.2. The van der Waals surface area contributed by atoms with E-state index in [0.29, 0.717) is 41.4 Å². The number of phenolic OH excluding ortho intramolecular Hbond substituents is 2. The van der Waals surface area contributed by atoms with E-state index in [4.69, 9.17) is 9.47 Å². The molecule has 0 atom stereocenters. The van der Waals surface area contributed by atoms with Crippen molar-refractivity contribution in [3.63, 3.8) is 0 Å². The van der Waals surface area contributed by atoms with Crippen LogP contribution >= 0.6 is 56.7 Å². The van der Waals surface area contributed by atoms with Crippen LogP contribution in [0.5, 0.6) is 23.0 Å². The lowest BCUT2D eigenvalue weighted by Crippen LogP contribution is -2.15. The van der Waals surface area contributed by atoms with E-state index >= 15 is 0 Å². The highest BCUT2D eigenvalue weighted by Crippen LogP contribution is 2.37. The van der Waals surface area contributed by atoms with Gasteiger partial charge in [-0.05, 0) is 187 Å². The Bertz CT molecular complexity index is 6310. The van der Waals surface area contributed by atoms with Gasteiger partial charge in [0.1, 0.15) is 76.5 Å². The maximum Gasteiger partial charge on any atom is 0.227 e. The van der Waals surface area contributed by atoms with Crippen molar-refractivity contribution in [2.75, 3.05) is 40.3 Å². The molecule has 1 fully saturated rings. The Morgan fingerprint density at radius 2 is 0.680 bits per heavy atom. The molecule has 1 aliphatic rings. The third-order valence-corrected chi connectivity index (χ3v) is 22.4. The van der Waals surface area contributed by atoms with Crippen LogP contribution in [0.4, 0.5) is 58.2 Å². The number of benzene rings is 8. The van der Waals surface area contributed by atoms with E-state index in [1.54, 1.807) is 127 Å². The topological polar surface area (TPSA) is 312 Å². The van der Waals surface area contributed by atoms with E-state index < -0.39 is 0 Å². The van der Waals surface area contributed by atoms with E-state index in [-0.39, 0.29) is 11.5 Å². The summed E-state index contributed by atoms with van der Waals surface area (Å²) in [6.45, 7) is 4.95. The summed E-state index contributed by atoms with van der Waals surface area (Å²) in [5.74, 6) is 5.31. The van der Waals surface area contributed by atoms with Crippen molar-refractivity contribution in [3.05, 3.63) is 318 Å². The Hall–Kier alpha value is -14.5. The molecular weight excluding hydrogens is 1620 g/mol. The van der Waals surface area contributed by atoms with Crippen LogP contribution in [0.25, 0.3) is 86.9 Å². The van der Waals surface area contributed by atoms with Crippen LogP contribution in [0.15, 0.2) is 307 Å². The lowest BCUT2D eigenvalue weighted by Gasteiger charge is -2.21. The van der Waals surface area contributed by atoms with Crippen molar-refractivity contribution in [1.82, 2.24) is 74.8 Å². The number of aromatic nitrogens is 15. The molecule has 0 spiro atoms. The number of aryl methyl sites for hydroxylation is 2. The van der Waals surface area contributed by atoms with Gasteiger partial charge in [0, 0.05) is 135 Å². The van der Waals surface area contributed by atoms with Gasteiger partial charge in [0.15, 0.2) is 0 Å². The molecule has 18 aromatic rings. The normalized spacial score (nSPS) is 11.5. The molecule has 8 aromatic carbocycles. The number of anilines is 10. The number of hydrogen-bond donors (Lipinski definition) is 7. The summed E-state index contributed by atoms with van der Waals surface area (Å²) in [5, 5.41) is 49.6. The molecule has 7 N–H and O–H groups in total. The fourth-order valence-corrected chi connectivity index (χ4v) is 15.9. The van der Waals surface area contributed by atoms with E-state index in [1.807, 2.05) is 179 Å². The van der Waals surface area contributed by atoms with E-state index in [9.17, 15) is 10.2 Å². The van der Waals surface area contributed by atoms with Crippen molar-refractivity contribution in [2.45, 2.75) is 46.0 Å². The van der Waals surface area contributed by atoms with Crippen molar-refractivity contribution < 1.29 is 19.7 Å². The first-order valence-electron chi connectivity index (χ1n) is 38.8. The Labute approximate surface area is 724 Å². The summed E-state index contributed by atoms with van der Waals surface area (Å²) in [4.78, 5) is 65.5. The number of ether oxygens (including phenoxy) is 2. The van der Waals surface area contributed by atoms with Crippen LogP contribution in [-0.2, 0) is 0 Å². The van der Waals surface area contributed by atoms with Gasteiger partial charge in [0.2, 0.25) is 29.7 Å². The smallest absolute Gasteiger partial charge is 0.227 e. The zero-order valence-electron chi connectivity index (χ0n) is 66.2. The summed E-state index contributed by atoms with van der Waals surface area (Å²) >= 11 is 7.76. The number of methoxy groups -OCH3 is 1. The number of nitrogens with zero attached hydrogens (tertiary/aromatic N) is 15. The van der Waals surface area contributed by atoms with Crippen LogP contribution in [0.1, 0.15) is 43.2 Å². The number of rotatable bonds is 22. The van der Waals surface area contributed by atoms with Gasteiger partial charge in [-0.2, -0.15) is 0 Å². The Morgan fingerprint density at radius 1 is 0.320 bits per heavy atom. The second kappa shape index (κ2) is 41.8. The second-order valence-corrected chi connectivity index (χ2v) is 31.9. The van der Waals surface area contributed by atoms with Gasteiger partial charge in [-0.1, -0.05) is 110 Å². The SMILES string of the molecule is COc1cc(O)ccc1-c1cccc(Nc2nccc(-c3nccs3)n2)c1.Cc1cc(C)cc(Nc2nccc(-c3nccs3)n2)c1.Oc1cccc(-c2cccc(Nc3nccc(-c4nccs4)n3)c2)c1.c1cc(Nc2nccc(-c3nccs3)n2)cc(OCC2CCCCC2)c1.c1ccc(-c2cccc(Nc3nccc(-c4nccs4)n3)c2)cc1. The molecule has 122 heavy (non-hydrogen) atoms. The lowest BCUT2D eigenvalue weighted by atomic mass is 9.90. The number of phenols is 2. The minimum Gasteiger partial charge on any atom is -0.508 e. The highest BCUT2D eigenvalue weighted by molar-refractivity contribution is 7.14. The predicted octanol–water partition coefficient (Wildman–Crippen LogP) is 23.7. The number of thiazole rings is 5. The Balaban J connectivity index is 0.000000119. The van der Waals surface area contributed by atoms with Crippen LogP contribution in [0.2, 0.25) is 0 Å². The largest absolute Gasteiger partial charge is 0.508 e. The quantitative estimate of drug-likeness (QED) is 0.0331. The Kier molecular flexibility index (Phi) is 28.3. The van der Waals surface area contributed by atoms with E-state index in [2.05, 4.69) is 158 Å². The molecule has 10 heterocycles. The van der Waals surface area contributed by atoms with Crippen LogP contribution in [0, 0.1) is 19.8 Å². The third-order valence-electron chi connectivity index (χ3n) is 18.5.